The summed E-state index contributed by atoms with van der Waals surface area (Å²) < 4.78 is 5.95. The number of nitrogens with zero attached hydrogens (tertiary/aromatic N) is 4. The molecule has 5 aromatic carbocycles. The van der Waals surface area contributed by atoms with Gasteiger partial charge in [0.15, 0.2) is 11.6 Å². The maximum absolute atomic E-state index is 5.43. The van der Waals surface area contributed by atoms with Crippen molar-refractivity contribution in [3.05, 3.63) is 151 Å². The second-order valence-electron chi connectivity index (χ2n) is 11.5. The summed E-state index contributed by atoms with van der Waals surface area (Å²) >= 11 is 1.73. The van der Waals surface area contributed by atoms with Crippen LogP contribution in [0.25, 0.3) is 82.0 Å². The zero-order chi connectivity index (χ0) is 30.8. The molecule has 0 bridgehead atoms. The Bertz CT molecular complexity index is 2660. The lowest BCUT2D eigenvalue weighted by molar-refractivity contribution is 1.08. The molecule has 4 nitrogen and oxygen atoms in total. The van der Waals surface area contributed by atoms with Crippen LogP contribution in [-0.2, 0) is 0 Å². The first-order chi connectivity index (χ1) is 22.7. The largest absolute Gasteiger partial charge is 0.310 e. The van der Waals surface area contributed by atoms with Crippen molar-refractivity contribution in [3.8, 4) is 22.9 Å². The first-order valence-corrected chi connectivity index (χ1v) is 16.2. The van der Waals surface area contributed by atoms with Gasteiger partial charge < -0.3 is 4.57 Å². The van der Waals surface area contributed by atoms with Gasteiger partial charge in [-0.2, -0.15) is 0 Å². The molecule has 218 valence electrons. The number of allylic oxidation sites excluding steroid dienone is 2. The van der Waals surface area contributed by atoms with E-state index in [0.29, 0.717) is 0 Å². The van der Waals surface area contributed by atoms with Crippen LogP contribution in [0, 0.1) is 6.92 Å². The quantitative estimate of drug-likeness (QED) is 0.182. The molecule has 5 heteroatoms. The van der Waals surface area contributed by atoms with Crippen LogP contribution in [0.3, 0.4) is 0 Å². The number of aromatic nitrogens is 4. The molecule has 46 heavy (non-hydrogen) atoms. The Hall–Kier alpha value is -5.78. The molecule has 0 saturated heterocycles. The van der Waals surface area contributed by atoms with Crippen molar-refractivity contribution < 1.29 is 0 Å². The molecule has 9 rings (SSSR count). The Morgan fingerprint density at radius 2 is 1.37 bits per heavy atom. The van der Waals surface area contributed by atoms with E-state index in [-0.39, 0.29) is 0 Å². The number of para-hydroxylation sites is 2. The van der Waals surface area contributed by atoms with Gasteiger partial charge in [-0.1, -0.05) is 110 Å². The molecule has 0 spiro atoms. The SMILES string of the molecule is C=C/C=C\c1c(C)c2c(ccc3c4ccccc4n(-c4nc(-c5ccccc5)nc5sc6ccccc6c45)c32)n1-c1ccccc1. The Kier molecular flexibility index (Phi) is 6.02. The van der Waals surface area contributed by atoms with E-state index in [0.717, 1.165) is 55.4 Å². The number of hydrogen-bond acceptors (Lipinski definition) is 3. The van der Waals surface area contributed by atoms with E-state index in [1.165, 1.54) is 31.8 Å². The maximum Gasteiger partial charge on any atom is 0.163 e. The van der Waals surface area contributed by atoms with E-state index in [4.69, 9.17) is 9.97 Å². The molecule has 0 unspecified atom stereocenters. The summed E-state index contributed by atoms with van der Waals surface area (Å²) in [6.07, 6.45) is 6.02. The smallest absolute Gasteiger partial charge is 0.163 e. The highest BCUT2D eigenvalue weighted by atomic mass is 32.1. The summed E-state index contributed by atoms with van der Waals surface area (Å²) in [7, 11) is 0. The van der Waals surface area contributed by atoms with E-state index >= 15 is 0 Å². The average Bonchev–Trinajstić information content (AvgIpc) is 3.75. The minimum Gasteiger partial charge on any atom is -0.310 e. The van der Waals surface area contributed by atoms with Crippen molar-refractivity contribution in [2.24, 2.45) is 0 Å². The summed E-state index contributed by atoms with van der Waals surface area (Å²) in [4.78, 5) is 11.6. The third kappa shape index (κ3) is 3.85. The number of aryl methyl sites for hydroxylation is 1. The highest BCUT2D eigenvalue weighted by molar-refractivity contribution is 7.25. The fourth-order valence-electron chi connectivity index (χ4n) is 6.95. The van der Waals surface area contributed by atoms with Crippen LogP contribution in [0.15, 0.2) is 140 Å². The lowest BCUT2D eigenvalue weighted by Gasteiger charge is -2.12. The van der Waals surface area contributed by atoms with Crippen molar-refractivity contribution >= 4 is 70.4 Å². The Morgan fingerprint density at radius 1 is 0.652 bits per heavy atom. The van der Waals surface area contributed by atoms with Gasteiger partial charge >= 0.3 is 0 Å². The summed E-state index contributed by atoms with van der Waals surface area (Å²) in [5.41, 5.74) is 7.86. The number of benzene rings is 5. The lowest BCUT2D eigenvalue weighted by atomic mass is 10.1. The van der Waals surface area contributed by atoms with Crippen LogP contribution < -0.4 is 0 Å². The van der Waals surface area contributed by atoms with Crippen LogP contribution >= 0.6 is 11.3 Å². The summed E-state index contributed by atoms with van der Waals surface area (Å²) in [6, 6.07) is 42.7. The Morgan fingerprint density at radius 3 is 2.17 bits per heavy atom. The van der Waals surface area contributed by atoms with Gasteiger partial charge in [-0.05, 0) is 48.9 Å². The van der Waals surface area contributed by atoms with Crippen LogP contribution in [0.1, 0.15) is 11.3 Å². The molecule has 9 aromatic rings. The highest BCUT2D eigenvalue weighted by Crippen LogP contribution is 2.44. The summed E-state index contributed by atoms with van der Waals surface area (Å²) in [6.45, 7) is 6.20. The van der Waals surface area contributed by atoms with Gasteiger partial charge in [0.1, 0.15) is 4.83 Å². The van der Waals surface area contributed by atoms with Crippen molar-refractivity contribution in [1.29, 1.82) is 0 Å². The standard InChI is InChI=1S/C41H28N4S/c1-3-4-21-32-26(2)36-34(44(32)28-17-9-6-10-18-28)25-24-30-29-19-11-13-22-33(29)45(38(30)36)40-37-31-20-12-14-23-35(31)46-41(37)43-39(42-40)27-15-7-5-8-16-27/h3-25H,1H2,2H3/b21-4-. The van der Waals surface area contributed by atoms with Gasteiger partial charge in [-0.25, -0.2) is 9.97 Å². The molecule has 0 atom stereocenters. The van der Waals surface area contributed by atoms with Gasteiger partial charge in [-0.3, -0.25) is 4.57 Å². The van der Waals surface area contributed by atoms with E-state index in [1.54, 1.807) is 11.3 Å². The third-order valence-corrected chi connectivity index (χ3v) is 9.99. The minimum absolute atomic E-state index is 0.723. The van der Waals surface area contributed by atoms with Gasteiger partial charge in [0.05, 0.1) is 21.9 Å². The van der Waals surface area contributed by atoms with Crippen LogP contribution in [-0.4, -0.2) is 19.1 Å². The molecular weight excluding hydrogens is 581 g/mol. The van der Waals surface area contributed by atoms with Crippen LogP contribution in [0.4, 0.5) is 0 Å². The van der Waals surface area contributed by atoms with Gasteiger partial charge in [0.2, 0.25) is 0 Å². The fourth-order valence-corrected chi connectivity index (χ4v) is 8.02. The van der Waals surface area contributed by atoms with E-state index in [1.807, 2.05) is 30.4 Å². The second kappa shape index (κ2) is 10.4. The predicted molar refractivity (Wildman–Crippen MR) is 195 cm³/mol. The second-order valence-corrected chi connectivity index (χ2v) is 12.5. The van der Waals surface area contributed by atoms with Crippen LogP contribution in [0.2, 0.25) is 0 Å². The monoisotopic (exact) mass is 608 g/mol. The molecular formula is C41H28N4S. The zero-order valence-corrected chi connectivity index (χ0v) is 26.0. The number of thiophene rings is 1. The first-order valence-electron chi connectivity index (χ1n) is 15.4. The first kappa shape index (κ1) is 26.6. The maximum atomic E-state index is 5.43. The normalized spacial score (nSPS) is 12.0. The molecule has 4 aromatic heterocycles. The van der Waals surface area contributed by atoms with E-state index in [9.17, 15) is 0 Å². The van der Waals surface area contributed by atoms with E-state index in [2.05, 4.69) is 132 Å². The molecule has 0 aliphatic heterocycles. The molecule has 0 radical (unpaired) electrons. The van der Waals surface area contributed by atoms with E-state index < -0.39 is 0 Å². The number of fused-ring (bicyclic) bond motifs is 8. The fraction of sp³-hybridized carbons (Fsp3) is 0.0244. The lowest BCUT2D eigenvalue weighted by Crippen LogP contribution is -2.02. The molecule has 0 N–H and O–H groups in total. The summed E-state index contributed by atoms with van der Waals surface area (Å²) in [5.74, 6) is 1.62. The summed E-state index contributed by atoms with van der Waals surface area (Å²) in [5, 5.41) is 5.84. The van der Waals surface area contributed by atoms with Crippen molar-refractivity contribution in [2.75, 3.05) is 0 Å². The molecule has 4 heterocycles. The van der Waals surface area contributed by atoms with Crippen molar-refractivity contribution in [1.82, 2.24) is 19.1 Å². The third-order valence-electron chi connectivity index (χ3n) is 8.92. The predicted octanol–water partition coefficient (Wildman–Crippen LogP) is 11.1. The highest BCUT2D eigenvalue weighted by Gasteiger charge is 2.25. The number of hydrogen-bond donors (Lipinski definition) is 0. The molecule has 0 fully saturated rings. The molecule has 0 aliphatic carbocycles. The average molecular weight is 609 g/mol. The Labute approximate surface area is 269 Å². The Balaban J connectivity index is 1.51. The molecule has 0 saturated carbocycles. The topological polar surface area (TPSA) is 35.6 Å². The van der Waals surface area contributed by atoms with Crippen molar-refractivity contribution in [2.45, 2.75) is 6.92 Å². The zero-order valence-electron chi connectivity index (χ0n) is 25.2. The minimum atomic E-state index is 0.723. The van der Waals surface area contributed by atoms with Crippen LogP contribution in [0.5, 0.6) is 0 Å². The van der Waals surface area contributed by atoms with Gasteiger partial charge in [-0.15, -0.1) is 11.3 Å². The van der Waals surface area contributed by atoms with Gasteiger partial charge in [0, 0.05) is 43.2 Å². The van der Waals surface area contributed by atoms with Crippen molar-refractivity contribution in [3.63, 3.8) is 0 Å². The van der Waals surface area contributed by atoms with Gasteiger partial charge in [0.25, 0.3) is 0 Å². The molecule has 0 amide bonds. The molecule has 0 aliphatic rings. The number of rotatable bonds is 5.